The minimum Gasteiger partial charge on any atom is -0.480 e. The maximum Gasteiger partial charge on any atom is 0.475 e. The molecule has 0 bridgehead atoms. The summed E-state index contributed by atoms with van der Waals surface area (Å²) in [6.45, 7) is 4.68. The van der Waals surface area contributed by atoms with E-state index >= 15 is 4.39 Å². The number of aliphatic imine (C=N–C) groups is 3. The molecule has 2 fully saturated rings. The second-order valence-electron chi connectivity index (χ2n) is 7.28. The van der Waals surface area contributed by atoms with Gasteiger partial charge >= 0.3 is 7.82 Å². The van der Waals surface area contributed by atoms with Crippen LogP contribution < -0.4 is 5.73 Å². The van der Waals surface area contributed by atoms with Crippen LogP contribution in [0, 0.1) is 0 Å². The molecule has 0 aromatic rings. The van der Waals surface area contributed by atoms with Crippen molar-refractivity contribution in [2.75, 3.05) is 20.4 Å². The van der Waals surface area contributed by atoms with Crippen molar-refractivity contribution in [2.45, 2.75) is 57.1 Å². The van der Waals surface area contributed by atoms with Crippen LogP contribution in [0.1, 0.15) is 20.8 Å². The van der Waals surface area contributed by atoms with E-state index in [9.17, 15) is 4.57 Å². The van der Waals surface area contributed by atoms with Gasteiger partial charge in [0.1, 0.15) is 17.9 Å². The average molecular weight is 419 g/mol. The standard InChI is InChI=1S/C15H23FN5O6P/c1-7(2)26-28(22)24-5-8-10(27-28)15(3,16)13(25-8)21-6-18-9-11(21)19-14(17)20-12(9)23-4/h7-8,10-11,13H,5-6H2,1-4H3,(H2,17,19)/t8-,10+,11?,13-,15-,28-/m1/s1. The van der Waals surface area contributed by atoms with Crippen LogP contribution in [0.2, 0.25) is 0 Å². The summed E-state index contributed by atoms with van der Waals surface area (Å²) < 4.78 is 55.5. The summed E-state index contributed by atoms with van der Waals surface area (Å²) in [5, 5.41) is 0. The fourth-order valence-electron chi connectivity index (χ4n) is 3.68. The molecule has 4 aliphatic rings. The SMILES string of the molecule is COC1=NC(N)=NC2C1=NCN2[C@@H]1O[C@@H]2CO[P@](=O)(OC(C)C)O[C@@H]2[C@@]1(C)F. The number of halogens is 1. The number of alkyl halides is 1. The van der Waals surface area contributed by atoms with Gasteiger partial charge in [-0.15, -0.1) is 0 Å². The van der Waals surface area contributed by atoms with Gasteiger partial charge in [-0.05, 0) is 20.8 Å². The summed E-state index contributed by atoms with van der Waals surface area (Å²) in [5.41, 5.74) is 4.15. The highest BCUT2D eigenvalue weighted by atomic mass is 31.2. The third kappa shape index (κ3) is 3.17. The molecule has 0 aromatic heterocycles. The molecule has 0 spiro atoms. The van der Waals surface area contributed by atoms with Gasteiger partial charge in [0.25, 0.3) is 0 Å². The molecular weight excluding hydrogens is 396 g/mol. The molecule has 4 heterocycles. The Morgan fingerprint density at radius 2 is 2.21 bits per heavy atom. The first-order valence-corrected chi connectivity index (χ1v) is 10.3. The first-order chi connectivity index (χ1) is 13.1. The molecule has 2 saturated heterocycles. The van der Waals surface area contributed by atoms with Gasteiger partial charge in [0.05, 0.1) is 26.5 Å². The topological polar surface area (TPSA) is 130 Å². The lowest BCUT2D eigenvalue weighted by Crippen LogP contribution is -2.55. The zero-order valence-electron chi connectivity index (χ0n) is 15.9. The Hall–Kier alpha value is -1.43. The van der Waals surface area contributed by atoms with Gasteiger partial charge in [-0.25, -0.2) is 18.8 Å². The van der Waals surface area contributed by atoms with Crippen LogP contribution >= 0.6 is 7.82 Å². The lowest BCUT2D eigenvalue weighted by molar-refractivity contribution is -0.108. The largest absolute Gasteiger partial charge is 0.480 e. The zero-order valence-corrected chi connectivity index (χ0v) is 16.8. The van der Waals surface area contributed by atoms with E-state index in [1.165, 1.54) is 14.0 Å². The monoisotopic (exact) mass is 419 g/mol. The van der Waals surface area contributed by atoms with E-state index < -0.39 is 44.2 Å². The van der Waals surface area contributed by atoms with Crippen LogP contribution in [-0.2, 0) is 27.6 Å². The van der Waals surface area contributed by atoms with Gasteiger partial charge in [0, 0.05) is 0 Å². The molecule has 0 aliphatic carbocycles. The average Bonchev–Trinajstić information content (AvgIpc) is 3.12. The van der Waals surface area contributed by atoms with Gasteiger partial charge in [-0.1, -0.05) is 0 Å². The summed E-state index contributed by atoms with van der Waals surface area (Å²) in [6, 6.07) is 0. The summed E-state index contributed by atoms with van der Waals surface area (Å²) in [7, 11) is -2.44. The Labute approximate surface area is 161 Å². The number of nitrogens with two attached hydrogens (primary N) is 1. The van der Waals surface area contributed by atoms with Crippen molar-refractivity contribution < 1.29 is 32.0 Å². The second-order valence-corrected chi connectivity index (χ2v) is 8.86. The predicted octanol–water partition coefficient (Wildman–Crippen LogP) is 0.801. The Kier molecular flexibility index (Phi) is 4.84. The number of fused-ring (bicyclic) bond motifs is 2. The number of guanidine groups is 1. The lowest BCUT2D eigenvalue weighted by atomic mass is 9.97. The van der Waals surface area contributed by atoms with Crippen molar-refractivity contribution in [3.63, 3.8) is 0 Å². The van der Waals surface area contributed by atoms with E-state index in [0.29, 0.717) is 5.71 Å². The zero-order chi connectivity index (χ0) is 20.3. The molecule has 0 saturated carbocycles. The normalized spacial score (nSPS) is 43.3. The first kappa shape index (κ1) is 19.9. The molecule has 0 radical (unpaired) electrons. The number of nitrogens with zero attached hydrogens (tertiary/aromatic N) is 4. The number of hydrogen-bond donors (Lipinski definition) is 1. The van der Waals surface area contributed by atoms with E-state index in [1.54, 1.807) is 18.7 Å². The van der Waals surface area contributed by atoms with Gasteiger partial charge in [-0.2, -0.15) is 4.99 Å². The molecule has 1 unspecified atom stereocenters. The van der Waals surface area contributed by atoms with Crippen molar-refractivity contribution in [1.29, 1.82) is 0 Å². The molecule has 11 nitrogen and oxygen atoms in total. The van der Waals surface area contributed by atoms with Crippen molar-refractivity contribution >= 4 is 25.4 Å². The van der Waals surface area contributed by atoms with Gasteiger partial charge in [-0.3, -0.25) is 18.6 Å². The molecule has 2 N–H and O–H groups in total. The summed E-state index contributed by atoms with van der Waals surface area (Å²) in [4.78, 5) is 14.2. The molecule has 156 valence electrons. The van der Waals surface area contributed by atoms with Crippen LogP contribution in [0.3, 0.4) is 0 Å². The van der Waals surface area contributed by atoms with Crippen molar-refractivity contribution in [1.82, 2.24) is 4.90 Å². The molecule has 4 aliphatic heterocycles. The van der Waals surface area contributed by atoms with Crippen molar-refractivity contribution in [2.24, 2.45) is 20.7 Å². The quantitative estimate of drug-likeness (QED) is 0.665. The summed E-state index contributed by atoms with van der Waals surface area (Å²) >= 11 is 0. The van der Waals surface area contributed by atoms with E-state index in [0.717, 1.165) is 0 Å². The fourth-order valence-corrected chi connectivity index (χ4v) is 5.31. The Morgan fingerprint density at radius 3 is 2.89 bits per heavy atom. The highest BCUT2D eigenvalue weighted by Gasteiger charge is 2.63. The lowest BCUT2D eigenvalue weighted by Gasteiger charge is -2.36. The van der Waals surface area contributed by atoms with Crippen molar-refractivity contribution in [3.8, 4) is 0 Å². The number of methoxy groups -OCH3 is 1. The molecule has 0 amide bonds. The summed E-state index contributed by atoms with van der Waals surface area (Å²) in [5.74, 6) is 0.225. The second kappa shape index (κ2) is 6.82. The predicted molar refractivity (Wildman–Crippen MR) is 96.8 cm³/mol. The Morgan fingerprint density at radius 1 is 1.46 bits per heavy atom. The molecule has 28 heavy (non-hydrogen) atoms. The van der Waals surface area contributed by atoms with Crippen LogP contribution in [0.15, 0.2) is 15.0 Å². The van der Waals surface area contributed by atoms with Gasteiger partial charge in [0.15, 0.2) is 18.1 Å². The molecular formula is C15H23FN5O6P. The molecule has 6 atom stereocenters. The fraction of sp³-hybridized carbons (Fsp3) is 0.800. The smallest absolute Gasteiger partial charge is 0.475 e. The third-order valence-electron chi connectivity index (χ3n) is 4.81. The first-order valence-electron chi connectivity index (χ1n) is 8.87. The van der Waals surface area contributed by atoms with Crippen LogP contribution in [0.25, 0.3) is 0 Å². The Balaban J connectivity index is 1.57. The van der Waals surface area contributed by atoms with Gasteiger partial charge in [0.2, 0.25) is 11.9 Å². The van der Waals surface area contributed by atoms with E-state index in [4.69, 9.17) is 28.8 Å². The highest BCUT2D eigenvalue weighted by molar-refractivity contribution is 7.48. The maximum absolute atomic E-state index is 15.9. The van der Waals surface area contributed by atoms with Gasteiger partial charge < -0.3 is 15.2 Å². The minimum atomic E-state index is -3.88. The highest BCUT2D eigenvalue weighted by Crippen LogP contribution is 2.59. The van der Waals surface area contributed by atoms with Crippen molar-refractivity contribution in [3.05, 3.63) is 0 Å². The number of phosphoric ester groups is 1. The minimum absolute atomic E-state index is 0.00177. The van der Waals surface area contributed by atoms with E-state index in [2.05, 4.69) is 15.0 Å². The number of rotatable bonds is 3. The molecule has 13 heteroatoms. The number of ether oxygens (including phenoxy) is 2. The van der Waals surface area contributed by atoms with E-state index in [1.807, 2.05) is 0 Å². The Bertz CT molecular complexity index is 802. The maximum atomic E-state index is 15.9. The summed E-state index contributed by atoms with van der Waals surface area (Å²) in [6.07, 6.45) is -4.10. The number of phosphoric acid groups is 1. The van der Waals surface area contributed by atoms with Crippen LogP contribution in [0.5, 0.6) is 0 Å². The molecule has 4 rings (SSSR count). The van der Waals surface area contributed by atoms with E-state index in [-0.39, 0.29) is 25.1 Å². The third-order valence-corrected chi connectivity index (χ3v) is 6.44. The molecule has 0 aromatic carbocycles. The number of hydrogen-bond acceptors (Lipinski definition) is 11. The van der Waals surface area contributed by atoms with Crippen LogP contribution in [-0.4, -0.2) is 79.2 Å². The van der Waals surface area contributed by atoms with Crippen LogP contribution in [0.4, 0.5) is 4.39 Å².